The second kappa shape index (κ2) is 7.49. The van der Waals surface area contributed by atoms with Gasteiger partial charge in [-0.25, -0.2) is 9.36 Å². The number of nitrogen functional groups attached to an aromatic ring is 1. The van der Waals surface area contributed by atoms with Crippen LogP contribution in [0.4, 0.5) is 5.82 Å². The van der Waals surface area contributed by atoms with Crippen LogP contribution in [0.15, 0.2) is 17.1 Å². The zero-order chi connectivity index (χ0) is 15.8. The molecule has 0 unspecified atom stereocenters. The summed E-state index contributed by atoms with van der Waals surface area (Å²) in [7, 11) is -4.74. The molecule has 13 heteroatoms. The Balaban J connectivity index is 0.00000242. The van der Waals surface area contributed by atoms with Gasteiger partial charge in [-0.05, 0) is 6.07 Å². The van der Waals surface area contributed by atoms with Crippen LogP contribution in [-0.4, -0.2) is 84.0 Å². The summed E-state index contributed by atoms with van der Waals surface area (Å²) in [6.07, 6.45) is -4.27. The maximum absolute atomic E-state index is 11.6. The zero-order valence-electron chi connectivity index (χ0n) is 11.5. The molecule has 1 saturated heterocycles. The van der Waals surface area contributed by atoms with E-state index < -0.39 is 44.7 Å². The second-order valence-electron chi connectivity index (χ2n) is 4.37. The summed E-state index contributed by atoms with van der Waals surface area (Å²) >= 11 is 0. The molecule has 11 nitrogen and oxygen atoms in total. The van der Waals surface area contributed by atoms with Crippen molar-refractivity contribution in [2.75, 3.05) is 12.3 Å². The van der Waals surface area contributed by atoms with Crippen LogP contribution >= 0.6 is 7.82 Å². The van der Waals surface area contributed by atoms with E-state index >= 15 is 0 Å². The fourth-order valence-electron chi connectivity index (χ4n) is 1.89. The fourth-order valence-corrected chi connectivity index (χ4v) is 2.23. The van der Waals surface area contributed by atoms with Crippen LogP contribution in [0.1, 0.15) is 6.23 Å². The number of nitrogens with two attached hydrogens (primary N) is 1. The molecule has 0 spiro atoms. The first kappa shape index (κ1) is 19.7. The number of hydrogen-bond donors (Lipinski definition) is 5. The standard InChI is InChI=1S/C9H14N3O8P.Na/c10-5-1-2-12(9(15)11-5)8-7(14)6(13)4(20-8)3-19-21(16,17)18;/h1-2,4,6-8,13-14H,3H2,(H2,10,11,15)(H2,16,17,18);/t4-,6+,7+,8+;/m0./s1/i9+1,11+1,12+1;. The number of phosphoric acid groups is 1. The summed E-state index contributed by atoms with van der Waals surface area (Å²) in [4.78, 5) is 32.3. The molecular weight excluding hydrogens is 335 g/mol. The van der Waals surface area contributed by atoms with Crippen molar-refractivity contribution in [2.24, 2.45) is 0 Å². The smallest absolute Gasteiger partial charge is 0.387 e. The van der Waals surface area contributed by atoms with Crippen molar-refractivity contribution < 1.29 is 33.8 Å². The van der Waals surface area contributed by atoms with E-state index in [1.165, 1.54) is 12.3 Å². The minimum atomic E-state index is -4.74. The molecule has 1 aromatic heterocycles. The number of aromatic nitrogens is 2. The van der Waals surface area contributed by atoms with Gasteiger partial charge in [0.15, 0.2) is 6.23 Å². The Labute approximate surface area is 146 Å². The number of hydrogen-bond acceptors (Lipinski definition) is 8. The second-order valence-corrected chi connectivity index (χ2v) is 5.61. The van der Waals surface area contributed by atoms with Crippen LogP contribution in [0.25, 0.3) is 0 Å². The van der Waals surface area contributed by atoms with Crippen molar-refractivity contribution in [3.8, 4) is 0 Å². The number of ether oxygens (including phenoxy) is 1. The molecule has 6 N–H and O–H groups in total. The maximum Gasteiger partial charge on any atom is 0.469 e. The van der Waals surface area contributed by atoms with Gasteiger partial charge in [0.1, 0.15) is 24.1 Å². The number of aliphatic hydroxyl groups excluding tert-OH is 2. The molecule has 2 heterocycles. The van der Waals surface area contributed by atoms with Gasteiger partial charge in [-0.1, -0.05) is 0 Å². The molecule has 0 amide bonds. The van der Waals surface area contributed by atoms with Crippen molar-refractivity contribution >= 4 is 43.2 Å². The molecule has 0 aromatic carbocycles. The minimum Gasteiger partial charge on any atom is -0.387 e. The van der Waals surface area contributed by atoms with E-state index in [-0.39, 0.29) is 35.4 Å². The van der Waals surface area contributed by atoms with Gasteiger partial charge >= 0.3 is 13.5 Å². The van der Waals surface area contributed by atoms with Crippen LogP contribution < -0.4 is 11.4 Å². The minimum absolute atomic E-state index is 0. The Morgan fingerprint density at radius 3 is 2.59 bits per heavy atom. The number of nitrogens with zero attached hydrogens (tertiary/aromatic N) is 2. The summed E-state index contributed by atoms with van der Waals surface area (Å²) in [5.41, 5.74) is 4.52. The van der Waals surface area contributed by atoms with Crippen LogP contribution in [0.3, 0.4) is 0 Å². The van der Waals surface area contributed by atoms with E-state index in [1.54, 1.807) is 0 Å². The summed E-state index contributed by atoms with van der Waals surface area (Å²) in [6.45, 7) is -0.657. The third kappa shape index (κ3) is 4.59. The van der Waals surface area contributed by atoms with Gasteiger partial charge in [-0.2, -0.15) is 4.98 Å². The third-order valence-corrected chi connectivity index (χ3v) is 3.36. The monoisotopic (exact) mass is 349 g/mol. The molecule has 0 aliphatic carbocycles. The summed E-state index contributed by atoms with van der Waals surface area (Å²) in [5.74, 6) is -0.0225. The molecule has 1 fully saturated rings. The van der Waals surface area contributed by atoms with E-state index in [9.17, 15) is 19.6 Å². The topological polar surface area (TPSA) is 177 Å². The van der Waals surface area contributed by atoms with Gasteiger partial charge in [0, 0.05) is 35.8 Å². The average Bonchev–Trinajstić information content (AvgIpc) is 2.64. The Kier molecular flexibility index (Phi) is 6.72. The fraction of sp³-hybridized carbons (Fsp3) is 0.556. The van der Waals surface area contributed by atoms with Crippen LogP contribution in [-0.2, 0) is 13.8 Å². The molecule has 0 saturated carbocycles. The van der Waals surface area contributed by atoms with Gasteiger partial charge in [-0.3, -0.25) is 9.09 Å². The molecule has 119 valence electrons. The van der Waals surface area contributed by atoms with Crippen molar-refractivity contribution in [1.82, 2.24) is 9.55 Å². The summed E-state index contributed by atoms with van der Waals surface area (Å²) < 4.78 is 20.9. The van der Waals surface area contributed by atoms with Gasteiger partial charge < -0.3 is 30.5 Å². The maximum atomic E-state index is 11.6. The van der Waals surface area contributed by atoms with Gasteiger partial charge in [0.25, 0.3) is 0 Å². The van der Waals surface area contributed by atoms with E-state index in [4.69, 9.17) is 20.3 Å². The van der Waals surface area contributed by atoms with Gasteiger partial charge in [0.2, 0.25) is 0 Å². The number of phosphoric ester groups is 1. The van der Waals surface area contributed by atoms with Crippen LogP contribution in [0.2, 0.25) is 0 Å². The summed E-state index contributed by atoms with van der Waals surface area (Å²) in [6, 6.07) is 1.29. The normalized spacial score (nSPS) is 28.4. The quantitative estimate of drug-likeness (QED) is 0.281. The number of rotatable bonds is 4. The SMILES string of the molecule is Nc1cc[15n]([C@@H]2O[C@@H](COP(=O)(O)O)[C@@H](O)[C@H]2O)[13c](=O)[15n]1.[Na]. The first-order valence-electron chi connectivity index (χ1n) is 5.75. The third-order valence-electron chi connectivity index (χ3n) is 2.87. The van der Waals surface area contributed by atoms with E-state index in [1.807, 2.05) is 0 Å². The average molecular weight is 349 g/mol. The largest absolute Gasteiger partial charge is 0.469 e. The predicted octanol–water partition coefficient (Wildman–Crippen LogP) is -2.83. The van der Waals surface area contributed by atoms with Crippen molar-refractivity contribution in [1.29, 1.82) is 0 Å². The summed E-state index contributed by atoms with van der Waals surface area (Å²) in [5, 5.41) is 19.6. The van der Waals surface area contributed by atoms with Crippen molar-refractivity contribution in [3.63, 3.8) is 0 Å². The molecule has 1 aromatic rings. The molecular formula is C9H14N3NaO8P. The Morgan fingerprint density at radius 1 is 1.41 bits per heavy atom. The predicted molar refractivity (Wildman–Crippen MR) is 72.6 cm³/mol. The van der Waals surface area contributed by atoms with Crippen molar-refractivity contribution in [3.05, 3.63) is 22.7 Å². The van der Waals surface area contributed by atoms with Gasteiger partial charge in [-0.15, -0.1) is 0 Å². The molecule has 22 heavy (non-hydrogen) atoms. The van der Waals surface area contributed by atoms with E-state index in [0.717, 1.165) is 4.57 Å². The molecule has 4 atom stereocenters. The van der Waals surface area contributed by atoms with Crippen molar-refractivity contribution in [2.45, 2.75) is 24.5 Å². The van der Waals surface area contributed by atoms with E-state index in [0.29, 0.717) is 0 Å². The van der Waals surface area contributed by atoms with E-state index in [2.05, 4.69) is 9.51 Å². The van der Waals surface area contributed by atoms with Gasteiger partial charge in [0.05, 0.1) is 6.61 Å². The first-order chi connectivity index (χ1) is 9.69. The van der Waals surface area contributed by atoms with Crippen LogP contribution in [0, 0.1) is 0 Å². The Hall–Kier alpha value is -0.330. The molecule has 1 radical (unpaired) electrons. The Bertz CT molecular complexity index is 621. The molecule has 0 bridgehead atoms. The number of aliphatic hydroxyl groups is 2. The van der Waals surface area contributed by atoms with Crippen LogP contribution in [0.5, 0.6) is 0 Å². The molecule has 1 aliphatic rings. The zero-order valence-corrected chi connectivity index (χ0v) is 14.4. The number of anilines is 1. The molecule has 2 rings (SSSR count). The molecule has 1 aliphatic heterocycles. The Morgan fingerprint density at radius 2 is 2.05 bits per heavy atom. The first-order valence-corrected chi connectivity index (χ1v) is 7.28.